The van der Waals surface area contributed by atoms with Gasteiger partial charge in [0.1, 0.15) is 5.60 Å². The smallest absolute Gasteiger partial charge is 0.410 e. The van der Waals surface area contributed by atoms with E-state index in [1.165, 1.54) is 11.1 Å². The van der Waals surface area contributed by atoms with Crippen LogP contribution >= 0.6 is 0 Å². The average Bonchev–Trinajstić information content (AvgIpc) is 2.52. The van der Waals surface area contributed by atoms with Crippen molar-refractivity contribution in [1.82, 2.24) is 4.90 Å². The standard InChI is InChI=1S/C20H29NO2/c1-16(18-8-6-5-7-9-18)10-11-17-12-14-21(15-13-17)19(22)23-20(2,3)4/h5-9,11,16H,10,12-15H2,1-4H3/t16-/m1/s1. The zero-order valence-corrected chi connectivity index (χ0v) is 14.8. The van der Waals surface area contributed by atoms with Gasteiger partial charge in [0, 0.05) is 13.1 Å². The van der Waals surface area contributed by atoms with Crippen LogP contribution in [0.5, 0.6) is 0 Å². The lowest BCUT2D eigenvalue weighted by atomic mass is 9.94. The van der Waals surface area contributed by atoms with Crippen LogP contribution in [0.2, 0.25) is 0 Å². The van der Waals surface area contributed by atoms with Crippen molar-refractivity contribution in [2.45, 2.75) is 58.5 Å². The van der Waals surface area contributed by atoms with E-state index < -0.39 is 5.60 Å². The molecule has 2 rings (SSSR count). The summed E-state index contributed by atoms with van der Waals surface area (Å²) < 4.78 is 5.44. The van der Waals surface area contributed by atoms with Gasteiger partial charge >= 0.3 is 6.09 Å². The van der Waals surface area contributed by atoms with Crippen LogP contribution in [-0.2, 0) is 4.74 Å². The third kappa shape index (κ3) is 5.74. The second kappa shape index (κ2) is 7.67. The van der Waals surface area contributed by atoms with Gasteiger partial charge in [-0.3, -0.25) is 0 Å². The zero-order valence-electron chi connectivity index (χ0n) is 14.8. The molecule has 0 aliphatic carbocycles. The molecule has 3 heteroatoms. The summed E-state index contributed by atoms with van der Waals surface area (Å²) >= 11 is 0. The number of rotatable bonds is 3. The highest BCUT2D eigenvalue weighted by molar-refractivity contribution is 5.68. The first-order chi connectivity index (χ1) is 10.8. The van der Waals surface area contributed by atoms with E-state index in [4.69, 9.17) is 4.74 Å². The maximum absolute atomic E-state index is 12.1. The number of carbonyl (C=O) groups excluding carboxylic acids is 1. The van der Waals surface area contributed by atoms with Crippen LogP contribution < -0.4 is 0 Å². The molecule has 1 fully saturated rings. The lowest BCUT2D eigenvalue weighted by Crippen LogP contribution is -2.40. The minimum absolute atomic E-state index is 0.186. The Morgan fingerprint density at radius 1 is 1.22 bits per heavy atom. The number of piperidine rings is 1. The lowest BCUT2D eigenvalue weighted by molar-refractivity contribution is 0.0236. The van der Waals surface area contributed by atoms with Gasteiger partial charge in [0.25, 0.3) is 0 Å². The Bertz CT molecular complexity index is 533. The van der Waals surface area contributed by atoms with E-state index in [-0.39, 0.29) is 6.09 Å². The normalized spacial score (nSPS) is 16.9. The number of hydrogen-bond donors (Lipinski definition) is 0. The Morgan fingerprint density at radius 2 is 1.83 bits per heavy atom. The molecule has 1 aromatic carbocycles. The molecule has 23 heavy (non-hydrogen) atoms. The van der Waals surface area contributed by atoms with Crippen LogP contribution in [0.3, 0.4) is 0 Å². The van der Waals surface area contributed by atoms with Crippen molar-refractivity contribution in [3.05, 3.63) is 47.5 Å². The molecule has 1 aliphatic rings. The maximum atomic E-state index is 12.1. The van der Waals surface area contributed by atoms with Gasteiger partial charge in [-0.25, -0.2) is 4.79 Å². The molecule has 1 heterocycles. The van der Waals surface area contributed by atoms with E-state index >= 15 is 0 Å². The van der Waals surface area contributed by atoms with E-state index in [0.29, 0.717) is 5.92 Å². The summed E-state index contributed by atoms with van der Waals surface area (Å²) in [4.78, 5) is 13.9. The van der Waals surface area contributed by atoms with Crippen LogP contribution in [0.4, 0.5) is 4.79 Å². The van der Waals surface area contributed by atoms with Crippen LogP contribution in [0.1, 0.15) is 58.4 Å². The summed E-state index contributed by atoms with van der Waals surface area (Å²) in [5.41, 5.74) is 2.43. The maximum Gasteiger partial charge on any atom is 0.410 e. The first-order valence-corrected chi connectivity index (χ1v) is 8.56. The molecule has 1 amide bonds. The first-order valence-electron chi connectivity index (χ1n) is 8.56. The Labute approximate surface area is 140 Å². The van der Waals surface area contributed by atoms with Gasteiger partial charge in [-0.05, 0) is 51.5 Å². The molecule has 0 saturated carbocycles. The summed E-state index contributed by atoms with van der Waals surface area (Å²) in [7, 11) is 0. The molecule has 0 spiro atoms. The monoisotopic (exact) mass is 315 g/mol. The quantitative estimate of drug-likeness (QED) is 0.723. The van der Waals surface area contributed by atoms with Gasteiger partial charge in [-0.2, -0.15) is 0 Å². The summed E-state index contributed by atoms with van der Waals surface area (Å²) in [6, 6.07) is 10.6. The Balaban J connectivity index is 1.81. The number of nitrogens with zero attached hydrogens (tertiary/aromatic N) is 1. The molecule has 1 atom stereocenters. The van der Waals surface area contributed by atoms with E-state index in [1.54, 1.807) is 0 Å². The molecule has 3 nitrogen and oxygen atoms in total. The van der Waals surface area contributed by atoms with Crippen LogP contribution in [-0.4, -0.2) is 29.7 Å². The fourth-order valence-corrected chi connectivity index (χ4v) is 2.77. The Hall–Kier alpha value is -1.77. The Kier molecular flexibility index (Phi) is 5.86. The zero-order chi connectivity index (χ0) is 16.9. The van der Waals surface area contributed by atoms with Gasteiger partial charge < -0.3 is 9.64 Å². The summed E-state index contributed by atoms with van der Waals surface area (Å²) in [6.07, 6.45) is 5.16. The second-order valence-electron chi connectivity index (χ2n) is 7.38. The van der Waals surface area contributed by atoms with E-state index in [1.807, 2.05) is 25.7 Å². The van der Waals surface area contributed by atoms with Gasteiger partial charge in [-0.15, -0.1) is 0 Å². The third-order valence-electron chi connectivity index (χ3n) is 4.19. The van der Waals surface area contributed by atoms with Crippen molar-refractivity contribution < 1.29 is 9.53 Å². The molecular weight excluding hydrogens is 286 g/mol. The largest absolute Gasteiger partial charge is 0.444 e. The number of ether oxygens (including phenoxy) is 1. The fraction of sp³-hybridized carbons (Fsp3) is 0.550. The first kappa shape index (κ1) is 17.6. The molecule has 0 N–H and O–H groups in total. The molecule has 0 bridgehead atoms. The molecule has 1 saturated heterocycles. The number of benzene rings is 1. The molecule has 1 aromatic rings. The second-order valence-corrected chi connectivity index (χ2v) is 7.38. The van der Waals surface area contributed by atoms with Crippen molar-refractivity contribution in [1.29, 1.82) is 0 Å². The summed E-state index contributed by atoms with van der Waals surface area (Å²) in [5.74, 6) is 0.535. The topological polar surface area (TPSA) is 29.5 Å². The van der Waals surface area contributed by atoms with Crippen LogP contribution in [0.15, 0.2) is 42.0 Å². The van der Waals surface area contributed by atoms with Crippen LogP contribution in [0, 0.1) is 0 Å². The highest BCUT2D eigenvalue weighted by Gasteiger charge is 2.24. The minimum atomic E-state index is -0.418. The molecule has 1 aliphatic heterocycles. The Morgan fingerprint density at radius 3 is 2.39 bits per heavy atom. The van der Waals surface area contributed by atoms with Crippen molar-refractivity contribution in [2.24, 2.45) is 0 Å². The molecule has 126 valence electrons. The predicted molar refractivity (Wildman–Crippen MR) is 94.6 cm³/mol. The summed E-state index contributed by atoms with van der Waals surface area (Å²) in [6.45, 7) is 9.52. The van der Waals surface area contributed by atoms with Crippen molar-refractivity contribution >= 4 is 6.09 Å². The number of likely N-dealkylation sites (tertiary alicyclic amines) is 1. The molecule has 0 aromatic heterocycles. The van der Waals surface area contributed by atoms with Crippen molar-refractivity contribution in [2.75, 3.05) is 13.1 Å². The van der Waals surface area contributed by atoms with E-state index in [2.05, 4.69) is 43.3 Å². The van der Waals surface area contributed by atoms with E-state index in [9.17, 15) is 4.79 Å². The minimum Gasteiger partial charge on any atom is -0.444 e. The highest BCUT2D eigenvalue weighted by Crippen LogP contribution is 2.24. The van der Waals surface area contributed by atoms with Gasteiger partial charge in [0.15, 0.2) is 0 Å². The molecule has 0 unspecified atom stereocenters. The number of carbonyl (C=O) groups is 1. The van der Waals surface area contributed by atoms with Crippen LogP contribution in [0.25, 0.3) is 0 Å². The number of allylic oxidation sites excluding steroid dienone is 1. The SMILES string of the molecule is C[C@H](CC=C1CCN(C(=O)OC(C)(C)C)CC1)c1ccccc1. The number of amides is 1. The highest BCUT2D eigenvalue weighted by atomic mass is 16.6. The average molecular weight is 315 g/mol. The predicted octanol–water partition coefficient (Wildman–Crippen LogP) is 5.14. The lowest BCUT2D eigenvalue weighted by Gasteiger charge is -2.31. The molecular formula is C20H29NO2. The van der Waals surface area contributed by atoms with E-state index in [0.717, 1.165) is 32.4 Å². The third-order valence-corrected chi connectivity index (χ3v) is 4.19. The molecule has 0 radical (unpaired) electrons. The van der Waals surface area contributed by atoms with Crippen molar-refractivity contribution in [3.63, 3.8) is 0 Å². The van der Waals surface area contributed by atoms with Gasteiger partial charge in [0.05, 0.1) is 0 Å². The number of hydrogen-bond acceptors (Lipinski definition) is 2. The van der Waals surface area contributed by atoms with Gasteiger partial charge in [-0.1, -0.05) is 48.9 Å². The van der Waals surface area contributed by atoms with Crippen molar-refractivity contribution in [3.8, 4) is 0 Å². The fourth-order valence-electron chi connectivity index (χ4n) is 2.77. The van der Waals surface area contributed by atoms with Gasteiger partial charge in [0.2, 0.25) is 0 Å². The summed E-state index contributed by atoms with van der Waals surface area (Å²) in [5, 5.41) is 0.